The van der Waals surface area contributed by atoms with Crippen molar-refractivity contribution in [2.75, 3.05) is 7.11 Å². The Morgan fingerprint density at radius 1 is 1.42 bits per heavy atom. The monoisotopic (exact) mass is 174 g/mol. The van der Waals surface area contributed by atoms with Crippen molar-refractivity contribution in [1.82, 2.24) is 0 Å². The summed E-state index contributed by atoms with van der Waals surface area (Å²) in [6.07, 6.45) is -0.317. The number of rotatable bonds is 4. The lowest BCUT2D eigenvalue weighted by Crippen LogP contribution is -2.21. The highest BCUT2D eigenvalue weighted by Gasteiger charge is 2.21. The van der Waals surface area contributed by atoms with Crippen LogP contribution in [0.5, 0.6) is 0 Å². The van der Waals surface area contributed by atoms with Gasteiger partial charge in [0.2, 0.25) is 5.78 Å². The van der Waals surface area contributed by atoms with Gasteiger partial charge in [-0.1, -0.05) is 6.92 Å². The summed E-state index contributed by atoms with van der Waals surface area (Å²) in [5.41, 5.74) is 0. The van der Waals surface area contributed by atoms with Crippen molar-refractivity contribution < 1.29 is 24.2 Å². The predicted molar refractivity (Wildman–Crippen MR) is 38.4 cm³/mol. The third-order valence-corrected chi connectivity index (χ3v) is 1.33. The van der Waals surface area contributed by atoms with E-state index in [1.165, 1.54) is 14.0 Å². The molecule has 1 atom stereocenters. The minimum Gasteiger partial charge on any atom is -0.476 e. The zero-order chi connectivity index (χ0) is 9.72. The third kappa shape index (κ3) is 3.14. The van der Waals surface area contributed by atoms with Crippen LogP contribution in [0.25, 0.3) is 0 Å². The molecule has 0 aliphatic heterocycles. The average Bonchev–Trinajstić information content (AvgIpc) is 2.02. The molecular formula is C7H10O5. The molecule has 0 rings (SSSR count). The summed E-state index contributed by atoms with van der Waals surface area (Å²) < 4.78 is 4.31. The predicted octanol–water partition coefficient (Wildman–Crippen LogP) is -0.161. The maximum absolute atomic E-state index is 10.7. The number of esters is 1. The molecule has 0 heterocycles. The zero-order valence-electron chi connectivity index (χ0n) is 6.86. The van der Waals surface area contributed by atoms with Crippen LogP contribution in [0.15, 0.2) is 0 Å². The standard InChI is InChI=1S/C7H10O5/c1-4(7(11)12-2)3-5(8)6(9)10/h4H,3H2,1-2H3,(H,9,10). The first kappa shape index (κ1) is 10.6. The molecule has 0 aromatic rings. The highest BCUT2D eigenvalue weighted by atomic mass is 16.5. The van der Waals surface area contributed by atoms with Gasteiger partial charge in [0.15, 0.2) is 0 Å². The Morgan fingerprint density at radius 3 is 2.25 bits per heavy atom. The van der Waals surface area contributed by atoms with Crippen molar-refractivity contribution in [2.45, 2.75) is 13.3 Å². The van der Waals surface area contributed by atoms with Gasteiger partial charge in [0, 0.05) is 6.42 Å². The SMILES string of the molecule is COC(=O)C(C)CC(=O)C(=O)O. The molecule has 5 heteroatoms. The normalized spacial score (nSPS) is 11.8. The number of aliphatic carboxylic acids is 1. The lowest BCUT2D eigenvalue weighted by Gasteiger charge is -2.04. The van der Waals surface area contributed by atoms with E-state index in [4.69, 9.17) is 5.11 Å². The molecule has 0 aliphatic carbocycles. The molecule has 5 nitrogen and oxygen atoms in total. The van der Waals surface area contributed by atoms with Crippen molar-refractivity contribution in [3.8, 4) is 0 Å². The molecule has 0 spiro atoms. The van der Waals surface area contributed by atoms with E-state index >= 15 is 0 Å². The summed E-state index contributed by atoms with van der Waals surface area (Å²) in [6, 6.07) is 0. The van der Waals surface area contributed by atoms with E-state index in [9.17, 15) is 14.4 Å². The first-order valence-corrected chi connectivity index (χ1v) is 3.33. The Labute approximate surface area is 69.3 Å². The van der Waals surface area contributed by atoms with E-state index in [0.717, 1.165) is 0 Å². The molecule has 0 aromatic heterocycles. The van der Waals surface area contributed by atoms with Gasteiger partial charge in [0.1, 0.15) is 0 Å². The first-order valence-electron chi connectivity index (χ1n) is 3.33. The molecule has 1 unspecified atom stereocenters. The molecule has 68 valence electrons. The Balaban J connectivity index is 4.01. The van der Waals surface area contributed by atoms with Crippen LogP contribution in [0.3, 0.4) is 0 Å². The lowest BCUT2D eigenvalue weighted by atomic mass is 10.1. The Kier molecular flexibility index (Phi) is 3.96. The van der Waals surface area contributed by atoms with Crippen molar-refractivity contribution in [3.63, 3.8) is 0 Å². The molecule has 0 amide bonds. The van der Waals surface area contributed by atoms with Gasteiger partial charge in [0.25, 0.3) is 0 Å². The van der Waals surface area contributed by atoms with Crippen LogP contribution in [0, 0.1) is 5.92 Å². The summed E-state index contributed by atoms with van der Waals surface area (Å²) in [5, 5.41) is 8.18. The quantitative estimate of drug-likeness (QED) is 0.473. The van der Waals surface area contributed by atoms with Crippen molar-refractivity contribution in [3.05, 3.63) is 0 Å². The number of carboxylic acid groups (broad SMARTS) is 1. The van der Waals surface area contributed by atoms with E-state index < -0.39 is 23.6 Å². The molecule has 0 radical (unpaired) electrons. The van der Waals surface area contributed by atoms with Crippen LogP contribution in [0.1, 0.15) is 13.3 Å². The van der Waals surface area contributed by atoms with Crippen molar-refractivity contribution in [1.29, 1.82) is 0 Å². The number of hydrogen-bond acceptors (Lipinski definition) is 4. The van der Waals surface area contributed by atoms with E-state index in [2.05, 4.69) is 4.74 Å². The van der Waals surface area contributed by atoms with Gasteiger partial charge < -0.3 is 9.84 Å². The molecule has 12 heavy (non-hydrogen) atoms. The second-order valence-corrected chi connectivity index (χ2v) is 2.36. The molecule has 0 saturated heterocycles. The number of ketones is 1. The summed E-state index contributed by atoms with van der Waals surface area (Å²) in [7, 11) is 1.18. The number of hydrogen-bond donors (Lipinski definition) is 1. The molecule has 1 N–H and O–H groups in total. The smallest absolute Gasteiger partial charge is 0.372 e. The average molecular weight is 174 g/mol. The van der Waals surface area contributed by atoms with E-state index in [-0.39, 0.29) is 6.42 Å². The summed E-state index contributed by atoms with van der Waals surface area (Å²) in [5.74, 6) is -3.78. The summed E-state index contributed by atoms with van der Waals surface area (Å²) in [4.78, 5) is 31.3. The van der Waals surface area contributed by atoms with Gasteiger partial charge in [-0.15, -0.1) is 0 Å². The molecule has 0 bridgehead atoms. The lowest BCUT2D eigenvalue weighted by molar-refractivity contribution is -0.152. The van der Waals surface area contributed by atoms with Crippen LogP contribution >= 0.6 is 0 Å². The second-order valence-electron chi connectivity index (χ2n) is 2.36. The van der Waals surface area contributed by atoms with Crippen LogP contribution in [0.2, 0.25) is 0 Å². The number of ether oxygens (including phenoxy) is 1. The van der Waals surface area contributed by atoms with E-state index in [1.807, 2.05) is 0 Å². The molecule has 0 fully saturated rings. The van der Waals surface area contributed by atoms with Gasteiger partial charge in [-0.25, -0.2) is 4.79 Å². The Bertz CT molecular complexity index is 208. The van der Waals surface area contributed by atoms with Crippen molar-refractivity contribution in [2.24, 2.45) is 5.92 Å². The van der Waals surface area contributed by atoms with E-state index in [1.54, 1.807) is 0 Å². The van der Waals surface area contributed by atoms with E-state index in [0.29, 0.717) is 0 Å². The molecule has 0 aromatic carbocycles. The van der Waals surface area contributed by atoms with Crippen LogP contribution in [-0.2, 0) is 19.1 Å². The number of Topliss-reactive ketones (excluding diaryl/α,β-unsaturated/α-hetero) is 1. The van der Waals surface area contributed by atoms with Gasteiger partial charge in [0.05, 0.1) is 13.0 Å². The number of methoxy groups -OCH3 is 1. The Hall–Kier alpha value is -1.39. The minimum atomic E-state index is -1.52. The maximum Gasteiger partial charge on any atom is 0.372 e. The van der Waals surface area contributed by atoms with Crippen molar-refractivity contribution >= 4 is 17.7 Å². The highest BCUT2D eigenvalue weighted by molar-refractivity contribution is 6.33. The molecule has 0 aliphatic rings. The fraction of sp³-hybridized carbons (Fsp3) is 0.571. The number of carboxylic acids is 1. The summed E-state index contributed by atoms with van der Waals surface area (Å²) >= 11 is 0. The fourth-order valence-corrected chi connectivity index (χ4v) is 0.650. The molecular weight excluding hydrogens is 164 g/mol. The number of carbonyl (C=O) groups excluding carboxylic acids is 2. The largest absolute Gasteiger partial charge is 0.476 e. The van der Waals surface area contributed by atoms with Gasteiger partial charge >= 0.3 is 11.9 Å². The number of carbonyl (C=O) groups is 3. The third-order valence-electron chi connectivity index (χ3n) is 1.33. The zero-order valence-corrected chi connectivity index (χ0v) is 6.86. The highest BCUT2D eigenvalue weighted by Crippen LogP contribution is 2.04. The molecule has 0 saturated carbocycles. The minimum absolute atomic E-state index is 0.317. The Morgan fingerprint density at radius 2 is 1.92 bits per heavy atom. The van der Waals surface area contributed by atoms with Crippen LogP contribution < -0.4 is 0 Å². The topological polar surface area (TPSA) is 80.7 Å². The van der Waals surface area contributed by atoms with Gasteiger partial charge in [-0.05, 0) is 0 Å². The van der Waals surface area contributed by atoms with Gasteiger partial charge in [-0.3, -0.25) is 9.59 Å². The summed E-state index contributed by atoms with van der Waals surface area (Å²) in [6.45, 7) is 1.44. The van der Waals surface area contributed by atoms with Crippen LogP contribution in [-0.4, -0.2) is 29.9 Å². The second kappa shape index (κ2) is 4.48. The van der Waals surface area contributed by atoms with Crippen LogP contribution in [0.4, 0.5) is 0 Å². The first-order chi connectivity index (χ1) is 5.49. The fourth-order valence-electron chi connectivity index (χ4n) is 0.650. The maximum atomic E-state index is 10.7. The van der Waals surface area contributed by atoms with Gasteiger partial charge in [-0.2, -0.15) is 0 Å².